The molecule has 1 unspecified atom stereocenters. The van der Waals surface area contributed by atoms with Crippen molar-refractivity contribution in [2.45, 2.75) is 18.9 Å². The van der Waals surface area contributed by atoms with Gasteiger partial charge in [-0.3, -0.25) is 4.79 Å². The molecule has 0 spiro atoms. The maximum atomic E-state index is 11.9. The van der Waals surface area contributed by atoms with Crippen molar-refractivity contribution in [3.8, 4) is 0 Å². The van der Waals surface area contributed by atoms with Gasteiger partial charge in [-0.05, 0) is 24.4 Å². The van der Waals surface area contributed by atoms with Crippen LogP contribution in [0.15, 0.2) is 17.5 Å². The zero-order valence-corrected chi connectivity index (χ0v) is 10.9. The summed E-state index contributed by atoms with van der Waals surface area (Å²) in [4.78, 5) is 14.9. The Morgan fingerprint density at radius 2 is 2.50 bits per heavy atom. The number of nitrogens with one attached hydrogen (secondary N) is 1. The lowest BCUT2D eigenvalue weighted by molar-refractivity contribution is -0.130. The largest absolute Gasteiger partial charge is 0.341 e. The van der Waals surface area contributed by atoms with E-state index in [9.17, 15) is 4.79 Å². The van der Waals surface area contributed by atoms with Crippen LogP contribution in [0.3, 0.4) is 0 Å². The van der Waals surface area contributed by atoms with Crippen LogP contribution < -0.4 is 5.32 Å². The smallest absolute Gasteiger partial charge is 0.227 e. The lowest BCUT2D eigenvalue weighted by atomic mass is 10.2. The van der Waals surface area contributed by atoms with Gasteiger partial charge < -0.3 is 10.2 Å². The van der Waals surface area contributed by atoms with E-state index in [0.29, 0.717) is 12.5 Å². The molecule has 90 valence electrons. The molecule has 1 aliphatic rings. The van der Waals surface area contributed by atoms with Crippen LogP contribution in [0.2, 0.25) is 0 Å². The third kappa shape index (κ3) is 3.20. The zero-order chi connectivity index (χ0) is 10.7. The number of likely N-dealkylation sites (N-methyl/N-ethyl adjacent to an activating group) is 1. The predicted octanol–water partition coefficient (Wildman–Crippen LogP) is 1.53. The summed E-state index contributed by atoms with van der Waals surface area (Å²) in [7, 11) is 1.91. The van der Waals surface area contributed by atoms with Crippen LogP contribution in [0, 0.1) is 0 Å². The summed E-state index contributed by atoms with van der Waals surface area (Å²) in [5.41, 5.74) is 0. The molecular weight excluding hydrogens is 244 g/mol. The predicted molar refractivity (Wildman–Crippen MR) is 69.3 cm³/mol. The Balaban J connectivity index is 0.00000128. The lowest BCUT2D eigenvalue weighted by Crippen LogP contribution is -2.39. The van der Waals surface area contributed by atoms with Crippen LogP contribution >= 0.6 is 23.7 Å². The fourth-order valence-corrected chi connectivity index (χ4v) is 2.56. The Hall–Kier alpha value is -0.580. The molecule has 0 aromatic carbocycles. The number of thiophene rings is 1. The molecule has 0 saturated carbocycles. The monoisotopic (exact) mass is 260 g/mol. The van der Waals surface area contributed by atoms with Crippen molar-refractivity contribution in [3.63, 3.8) is 0 Å². The van der Waals surface area contributed by atoms with Crippen molar-refractivity contribution < 1.29 is 4.79 Å². The van der Waals surface area contributed by atoms with Crippen LogP contribution in [0.25, 0.3) is 0 Å². The summed E-state index contributed by atoms with van der Waals surface area (Å²) >= 11 is 1.65. The molecule has 5 heteroatoms. The van der Waals surface area contributed by atoms with Crippen molar-refractivity contribution in [2.75, 3.05) is 20.1 Å². The number of hydrogen-bond donors (Lipinski definition) is 1. The maximum absolute atomic E-state index is 11.9. The first-order valence-electron chi connectivity index (χ1n) is 5.26. The highest BCUT2D eigenvalue weighted by molar-refractivity contribution is 7.10. The van der Waals surface area contributed by atoms with E-state index in [1.54, 1.807) is 11.3 Å². The van der Waals surface area contributed by atoms with Gasteiger partial charge in [-0.15, -0.1) is 23.7 Å². The molecule has 2 heterocycles. The number of rotatable bonds is 3. The number of amides is 1. The number of halogens is 1. The third-order valence-corrected chi connectivity index (χ3v) is 3.76. The zero-order valence-electron chi connectivity index (χ0n) is 9.31. The van der Waals surface area contributed by atoms with Gasteiger partial charge in [-0.1, -0.05) is 6.07 Å². The third-order valence-electron chi connectivity index (χ3n) is 2.88. The first-order valence-corrected chi connectivity index (χ1v) is 6.14. The molecule has 1 amide bonds. The lowest BCUT2D eigenvalue weighted by Gasteiger charge is -2.23. The highest BCUT2D eigenvalue weighted by atomic mass is 35.5. The number of nitrogens with zero attached hydrogens (tertiary/aromatic N) is 1. The molecule has 16 heavy (non-hydrogen) atoms. The summed E-state index contributed by atoms with van der Waals surface area (Å²) in [6, 6.07) is 4.39. The second-order valence-corrected chi connectivity index (χ2v) is 4.94. The molecule has 0 radical (unpaired) electrons. The molecule has 2 rings (SSSR count). The van der Waals surface area contributed by atoms with E-state index in [2.05, 4.69) is 5.32 Å². The molecule has 0 aliphatic carbocycles. The topological polar surface area (TPSA) is 32.3 Å². The molecule has 1 aromatic heterocycles. The van der Waals surface area contributed by atoms with Crippen LogP contribution in [0.4, 0.5) is 0 Å². The Morgan fingerprint density at radius 1 is 1.69 bits per heavy atom. The van der Waals surface area contributed by atoms with Gasteiger partial charge in [-0.2, -0.15) is 0 Å². The molecule has 1 atom stereocenters. The summed E-state index contributed by atoms with van der Waals surface area (Å²) in [5.74, 6) is 0.228. The normalized spacial score (nSPS) is 19.2. The molecule has 0 bridgehead atoms. The Kier molecular flexibility index (Phi) is 5.25. The van der Waals surface area contributed by atoms with Gasteiger partial charge in [0.25, 0.3) is 0 Å². The molecule has 1 fully saturated rings. The van der Waals surface area contributed by atoms with Crippen LogP contribution in [-0.4, -0.2) is 37.0 Å². The molecule has 1 aliphatic heterocycles. The van der Waals surface area contributed by atoms with Crippen molar-refractivity contribution >= 4 is 29.7 Å². The quantitative estimate of drug-likeness (QED) is 0.894. The summed E-state index contributed by atoms with van der Waals surface area (Å²) in [6.07, 6.45) is 1.62. The number of carbonyl (C=O) groups is 1. The van der Waals surface area contributed by atoms with Crippen molar-refractivity contribution in [2.24, 2.45) is 0 Å². The van der Waals surface area contributed by atoms with E-state index in [4.69, 9.17) is 0 Å². The van der Waals surface area contributed by atoms with Gasteiger partial charge in [-0.25, -0.2) is 0 Å². The van der Waals surface area contributed by atoms with Crippen LogP contribution in [0.1, 0.15) is 11.3 Å². The Labute approximate surface area is 106 Å². The van der Waals surface area contributed by atoms with Crippen LogP contribution in [-0.2, 0) is 11.2 Å². The minimum atomic E-state index is 0. The van der Waals surface area contributed by atoms with E-state index >= 15 is 0 Å². The molecule has 1 N–H and O–H groups in total. The van der Waals surface area contributed by atoms with E-state index in [-0.39, 0.29) is 18.3 Å². The van der Waals surface area contributed by atoms with E-state index < -0.39 is 0 Å². The van der Waals surface area contributed by atoms with Gasteiger partial charge >= 0.3 is 0 Å². The van der Waals surface area contributed by atoms with Crippen molar-refractivity contribution in [1.82, 2.24) is 10.2 Å². The van der Waals surface area contributed by atoms with Gasteiger partial charge in [0, 0.05) is 24.5 Å². The molecule has 3 nitrogen and oxygen atoms in total. The van der Waals surface area contributed by atoms with Crippen molar-refractivity contribution in [1.29, 1.82) is 0 Å². The molecule has 1 aromatic rings. The Morgan fingerprint density at radius 3 is 3.06 bits per heavy atom. The average Bonchev–Trinajstić information content (AvgIpc) is 2.88. The molecule has 1 saturated heterocycles. The second kappa shape index (κ2) is 6.23. The molecular formula is C11H17ClN2OS. The first-order chi connectivity index (χ1) is 7.27. The average molecular weight is 261 g/mol. The van der Waals surface area contributed by atoms with E-state index in [1.807, 2.05) is 29.5 Å². The number of carbonyl (C=O) groups excluding carboxylic acids is 1. The van der Waals surface area contributed by atoms with Gasteiger partial charge in [0.2, 0.25) is 5.91 Å². The van der Waals surface area contributed by atoms with E-state index in [0.717, 1.165) is 24.4 Å². The highest BCUT2D eigenvalue weighted by Gasteiger charge is 2.22. The maximum Gasteiger partial charge on any atom is 0.227 e. The van der Waals surface area contributed by atoms with Gasteiger partial charge in [0.1, 0.15) is 0 Å². The van der Waals surface area contributed by atoms with Gasteiger partial charge in [0.05, 0.1) is 6.42 Å². The van der Waals surface area contributed by atoms with Crippen LogP contribution in [0.5, 0.6) is 0 Å². The summed E-state index contributed by atoms with van der Waals surface area (Å²) in [6.45, 7) is 1.97. The van der Waals surface area contributed by atoms with Crippen molar-refractivity contribution in [3.05, 3.63) is 22.4 Å². The SMILES string of the molecule is CN(C(=O)Cc1cccs1)C1CCNC1.Cl. The standard InChI is InChI=1S/C11H16N2OS.ClH/c1-13(9-4-5-12-8-9)11(14)7-10-3-2-6-15-10;/h2-3,6,9,12H,4-5,7-8H2,1H3;1H. The minimum absolute atomic E-state index is 0. The fraction of sp³-hybridized carbons (Fsp3) is 0.545. The Bertz CT molecular complexity index is 323. The summed E-state index contributed by atoms with van der Waals surface area (Å²) < 4.78 is 0. The van der Waals surface area contributed by atoms with E-state index in [1.165, 1.54) is 0 Å². The number of hydrogen-bond acceptors (Lipinski definition) is 3. The van der Waals surface area contributed by atoms with Gasteiger partial charge in [0.15, 0.2) is 0 Å². The minimum Gasteiger partial charge on any atom is -0.341 e. The highest BCUT2D eigenvalue weighted by Crippen LogP contribution is 2.13. The second-order valence-electron chi connectivity index (χ2n) is 3.91. The fourth-order valence-electron chi connectivity index (χ4n) is 1.86. The first kappa shape index (κ1) is 13.5. The summed E-state index contributed by atoms with van der Waals surface area (Å²) in [5, 5.41) is 5.29.